The SMILES string of the molecule is NCCSC(SCCN)c1ccccc1. The minimum absolute atomic E-state index is 0.471. The molecule has 0 radical (unpaired) electrons. The van der Waals surface area contributed by atoms with Crippen LogP contribution in [0, 0.1) is 0 Å². The van der Waals surface area contributed by atoms with E-state index in [2.05, 4.69) is 24.3 Å². The molecule has 0 aromatic heterocycles. The first-order valence-electron chi connectivity index (χ1n) is 5.06. The molecule has 0 fully saturated rings. The van der Waals surface area contributed by atoms with Gasteiger partial charge in [0.25, 0.3) is 0 Å². The van der Waals surface area contributed by atoms with Crippen LogP contribution in [0.3, 0.4) is 0 Å². The van der Waals surface area contributed by atoms with Crippen LogP contribution in [0.1, 0.15) is 10.1 Å². The molecular formula is C11H18N2S2. The highest BCUT2D eigenvalue weighted by molar-refractivity contribution is 8.16. The Morgan fingerprint density at radius 1 is 0.933 bits per heavy atom. The van der Waals surface area contributed by atoms with Crippen LogP contribution in [-0.4, -0.2) is 24.6 Å². The Morgan fingerprint density at radius 2 is 1.47 bits per heavy atom. The minimum Gasteiger partial charge on any atom is -0.330 e. The smallest absolute Gasteiger partial charge is 0.0752 e. The van der Waals surface area contributed by atoms with Crippen LogP contribution in [0.4, 0.5) is 0 Å². The summed E-state index contributed by atoms with van der Waals surface area (Å²) in [5, 5.41) is 0. The Hall–Kier alpha value is -0.160. The van der Waals surface area contributed by atoms with Gasteiger partial charge in [-0.3, -0.25) is 0 Å². The van der Waals surface area contributed by atoms with Crippen molar-refractivity contribution in [3.63, 3.8) is 0 Å². The molecule has 1 rings (SSSR count). The number of hydrogen-bond acceptors (Lipinski definition) is 4. The van der Waals surface area contributed by atoms with E-state index in [1.54, 1.807) is 0 Å². The Bertz CT molecular complexity index is 246. The van der Waals surface area contributed by atoms with Gasteiger partial charge in [-0.15, -0.1) is 23.5 Å². The summed E-state index contributed by atoms with van der Waals surface area (Å²) in [6.07, 6.45) is 0. The molecule has 4 N–H and O–H groups in total. The van der Waals surface area contributed by atoms with E-state index in [1.807, 2.05) is 29.6 Å². The van der Waals surface area contributed by atoms with Crippen LogP contribution in [-0.2, 0) is 0 Å². The highest BCUT2D eigenvalue weighted by Crippen LogP contribution is 2.38. The van der Waals surface area contributed by atoms with E-state index in [-0.39, 0.29) is 0 Å². The molecule has 15 heavy (non-hydrogen) atoms. The zero-order chi connectivity index (χ0) is 10.9. The van der Waals surface area contributed by atoms with Crippen LogP contribution < -0.4 is 11.5 Å². The van der Waals surface area contributed by atoms with Gasteiger partial charge in [-0.05, 0) is 5.56 Å². The maximum atomic E-state index is 5.53. The summed E-state index contributed by atoms with van der Waals surface area (Å²) in [5.74, 6) is 1.99. The second-order valence-electron chi connectivity index (χ2n) is 3.06. The average Bonchev–Trinajstić information content (AvgIpc) is 2.30. The highest BCUT2D eigenvalue weighted by Gasteiger charge is 2.10. The summed E-state index contributed by atoms with van der Waals surface area (Å²) in [6, 6.07) is 10.5. The molecule has 1 aromatic carbocycles. The van der Waals surface area contributed by atoms with Crippen molar-refractivity contribution in [2.45, 2.75) is 4.58 Å². The van der Waals surface area contributed by atoms with Crippen molar-refractivity contribution >= 4 is 23.5 Å². The van der Waals surface area contributed by atoms with Crippen molar-refractivity contribution in [2.24, 2.45) is 11.5 Å². The van der Waals surface area contributed by atoms with Crippen molar-refractivity contribution in [3.8, 4) is 0 Å². The first-order valence-corrected chi connectivity index (χ1v) is 7.16. The quantitative estimate of drug-likeness (QED) is 0.719. The third-order valence-corrected chi connectivity index (χ3v) is 4.76. The fraction of sp³-hybridized carbons (Fsp3) is 0.455. The van der Waals surface area contributed by atoms with Crippen LogP contribution in [0.5, 0.6) is 0 Å². The summed E-state index contributed by atoms with van der Waals surface area (Å²) in [5.41, 5.74) is 12.4. The Balaban J connectivity index is 2.55. The molecule has 4 heteroatoms. The lowest BCUT2D eigenvalue weighted by atomic mass is 10.2. The normalized spacial score (nSPS) is 10.9. The molecule has 0 atom stereocenters. The van der Waals surface area contributed by atoms with Gasteiger partial charge >= 0.3 is 0 Å². The molecule has 0 saturated heterocycles. The molecule has 0 spiro atoms. The molecule has 0 saturated carbocycles. The molecular weight excluding hydrogens is 224 g/mol. The molecule has 1 aromatic rings. The molecule has 0 aliphatic carbocycles. The van der Waals surface area contributed by atoms with E-state index in [1.165, 1.54) is 5.56 Å². The fourth-order valence-corrected chi connectivity index (χ4v) is 3.56. The number of thioether (sulfide) groups is 2. The number of rotatable bonds is 7. The van der Waals surface area contributed by atoms with Crippen molar-refractivity contribution in [1.29, 1.82) is 0 Å². The van der Waals surface area contributed by atoms with E-state index in [0.29, 0.717) is 4.58 Å². The van der Waals surface area contributed by atoms with E-state index in [4.69, 9.17) is 11.5 Å². The average molecular weight is 242 g/mol. The van der Waals surface area contributed by atoms with E-state index in [0.717, 1.165) is 24.6 Å². The Labute approximate surface area is 100 Å². The van der Waals surface area contributed by atoms with Gasteiger partial charge in [0.15, 0.2) is 0 Å². The van der Waals surface area contributed by atoms with E-state index < -0.39 is 0 Å². The molecule has 0 aliphatic heterocycles. The summed E-state index contributed by atoms with van der Waals surface area (Å²) >= 11 is 3.79. The largest absolute Gasteiger partial charge is 0.330 e. The predicted molar refractivity (Wildman–Crippen MR) is 72.2 cm³/mol. The monoisotopic (exact) mass is 242 g/mol. The van der Waals surface area contributed by atoms with Crippen LogP contribution in [0.15, 0.2) is 30.3 Å². The molecule has 0 aliphatic rings. The summed E-state index contributed by atoms with van der Waals surface area (Å²) in [6.45, 7) is 1.47. The first-order chi connectivity index (χ1) is 7.38. The Morgan fingerprint density at radius 3 is 1.93 bits per heavy atom. The predicted octanol–water partition coefficient (Wildman–Crippen LogP) is 2.07. The third-order valence-electron chi connectivity index (χ3n) is 1.85. The number of benzene rings is 1. The number of nitrogens with two attached hydrogens (primary N) is 2. The van der Waals surface area contributed by atoms with Gasteiger partial charge in [0.05, 0.1) is 4.58 Å². The zero-order valence-electron chi connectivity index (χ0n) is 8.76. The topological polar surface area (TPSA) is 52.0 Å². The molecule has 0 unspecified atom stereocenters. The molecule has 2 nitrogen and oxygen atoms in total. The fourth-order valence-electron chi connectivity index (χ4n) is 1.20. The third kappa shape index (κ3) is 4.93. The lowest BCUT2D eigenvalue weighted by Crippen LogP contribution is -2.06. The second-order valence-corrected chi connectivity index (χ2v) is 5.79. The van der Waals surface area contributed by atoms with Gasteiger partial charge < -0.3 is 11.5 Å². The minimum atomic E-state index is 0.471. The highest BCUT2D eigenvalue weighted by atomic mass is 32.2. The van der Waals surface area contributed by atoms with Gasteiger partial charge in [-0.2, -0.15) is 0 Å². The second kappa shape index (κ2) is 8.05. The molecule has 0 amide bonds. The molecule has 0 heterocycles. The van der Waals surface area contributed by atoms with Crippen molar-refractivity contribution in [2.75, 3.05) is 24.6 Å². The number of hydrogen-bond donors (Lipinski definition) is 2. The van der Waals surface area contributed by atoms with Gasteiger partial charge in [0.1, 0.15) is 0 Å². The van der Waals surface area contributed by atoms with Crippen molar-refractivity contribution in [1.82, 2.24) is 0 Å². The van der Waals surface area contributed by atoms with E-state index in [9.17, 15) is 0 Å². The summed E-state index contributed by atoms with van der Waals surface area (Å²) in [4.78, 5) is 0. The molecule has 84 valence electrons. The Kier molecular flexibility index (Phi) is 6.92. The van der Waals surface area contributed by atoms with Crippen LogP contribution in [0.2, 0.25) is 0 Å². The standard InChI is InChI=1S/C11H18N2S2/c12-6-8-14-11(15-9-7-13)10-4-2-1-3-5-10/h1-5,11H,6-9,12-13H2. The lowest BCUT2D eigenvalue weighted by Gasteiger charge is -2.15. The first kappa shape index (κ1) is 12.9. The molecule has 0 bridgehead atoms. The maximum absolute atomic E-state index is 5.53. The van der Waals surface area contributed by atoms with Crippen LogP contribution in [0.25, 0.3) is 0 Å². The zero-order valence-corrected chi connectivity index (χ0v) is 10.4. The summed E-state index contributed by atoms with van der Waals surface area (Å²) in [7, 11) is 0. The summed E-state index contributed by atoms with van der Waals surface area (Å²) < 4.78 is 0.471. The van der Waals surface area contributed by atoms with E-state index >= 15 is 0 Å². The van der Waals surface area contributed by atoms with Gasteiger partial charge in [0.2, 0.25) is 0 Å². The van der Waals surface area contributed by atoms with Crippen LogP contribution >= 0.6 is 23.5 Å². The maximum Gasteiger partial charge on any atom is 0.0752 e. The van der Waals surface area contributed by atoms with Gasteiger partial charge in [0, 0.05) is 24.6 Å². The van der Waals surface area contributed by atoms with Gasteiger partial charge in [-0.25, -0.2) is 0 Å². The van der Waals surface area contributed by atoms with Gasteiger partial charge in [-0.1, -0.05) is 30.3 Å². The lowest BCUT2D eigenvalue weighted by molar-refractivity contribution is 1.14. The van der Waals surface area contributed by atoms with Crippen molar-refractivity contribution in [3.05, 3.63) is 35.9 Å². The van der Waals surface area contributed by atoms with Crippen molar-refractivity contribution < 1.29 is 0 Å².